The zero-order chi connectivity index (χ0) is 23.7. The topological polar surface area (TPSA) is 78.9 Å². The van der Waals surface area contributed by atoms with Crippen molar-refractivity contribution in [3.63, 3.8) is 0 Å². The molecule has 0 aliphatic rings. The van der Waals surface area contributed by atoms with Crippen molar-refractivity contribution in [2.75, 3.05) is 13.7 Å². The molecule has 0 bridgehead atoms. The fourth-order valence-corrected chi connectivity index (χ4v) is 3.86. The first-order chi connectivity index (χ1) is 16.6. The summed E-state index contributed by atoms with van der Waals surface area (Å²) in [7, 11) is 1.57. The van der Waals surface area contributed by atoms with E-state index in [1.807, 2.05) is 19.1 Å². The highest BCUT2D eigenvalue weighted by Gasteiger charge is 2.16. The molecular formula is C26H20ClN3O4. The number of nitrogens with zero attached hydrogens (tertiary/aromatic N) is 3. The number of furan rings is 1. The number of para-hydroxylation sites is 1. The highest BCUT2D eigenvalue weighted by atomic mass is 35.5. The van der Waals surface area contributed by atoms with Crippen molar-refractivity contribution in [1.29, 1.82) is 0 Å². The Kier molecular flexibility index (Phi) is 5.77. The zero-order valence-electron chi connectivity index (χ0n) is 18.5. The Bertz CT molecular complexity index is 1600. The van der Waals surface area contributed by atoms with Crippen molar-refractivity contribution in [3.05, 3.63) is 87.7 Å². The summed E-state index contributed by atoms with van der Waals surface area (Å²) in [5, 5.41) is 6.32. The van der Waals surface area contributed by atoms with Gasteiger partial charge in [-0.25, -0.2) is 4.98 Å². The van der Waals surface area contributed by atoms with Crippen LogP contribution in [0.3, 0.4) is 0 Å². The predicted octanol–water partition coefficient (Wildman–Crippen LogP) is 5.75. The van der Waals surface area contributed by atoms with Crippen LogP contribution >= 0.6 is 11.6 Å². The van der Waals surface area contributed by atoms with Gasteiger partial charge in [-0.15, -0.1) is 0 Å². The Morgan fingerprint density at radius 2 is 1.94 bits per heavy atom. The third-order valence-electron chi connectivity index (χ3n) is 5.26. The number of rotatable bonds is 6. The third-order valence-corrected chi connectivity index (χ3v) is 5.50. The normalized spacial score (nSPS) is 11.5. The summed E-state index contributed by atoms with van der Waals surface area (Å²) >= 11 is 6.13. The maximum absolute atomic E-state index is 13.4. The van der Waals surface area contributed by atoms with Crippen molar-refractivity contribution < 1.29 is 13.9 Å². The van der Waals surface area contributed by atoms with Gasteiger partial charge in [-0.3, -0.25) is 4.79 Å². The van der Waals surface area contributed by atoms with Crippen LogP contribution in [0.5, 0.6) is 11.5 Å². The maximum atomic E-state index is 13.4. The number of hydrogen-bond acceptors (Lipinski definition) is 6. The Morgan fingerprint density at radius 1 is 1.09 bits per heavy atom. The van der Waals surface area contributed by atoms with Gasteiger partial charge < -0.3 is 13.9 Å². The van der Waals surface area contributed by atoms with E-state index in [-0.39, 0.29) is 11.4 Å². The van der Waals surface area contributed by atoms with E-state index < -0.39 is 0 Å². The lowest BCUT2D eigenvalue weighted by Gasteiger charge is -2.10. The third kappa shape index (κ3) is 4.02. The fourth-order valence-electron chi connectivity index (χ4n) is 3.68. The Morgan fingerprint density at radius 3 is 2.76 bits per heavy atom. The van der Waals surface area contributed by atoms with Gasteiger partial charge >= 0.3 is 0 Å². The molecule has 34 heavy (non-hydrogen) atoms. The van der Waals surface area contributed by atoms with E-state index >= 15 is 0 Å². The smallest absolute Gasteiger partial charge is 0.282 e. The van der Waals surface area contributed by atoms with E-state index in [1.165, 1.54) is 4.68 Å². The maximum Gasteiger partial charge on any atom is 0.282 e. The van der Waals surface area contributed by atoms with Crippen LogP contribution in [0.1, 0.15) is 12.5 Å². The summed E-state index contributed by atoms with van der Waals surface area (Å²) < 4.78 is 18.2. The first-order valence-electron chi connectivity index (χ1n) is 10.6. The van der Waals surface area contributed by atoms with Crippen LogP contribution in [0.2, 0.25) is 5.02 Å². The van der Waals surface area contributed by atoms with Crippen LogP contribution in [0.15, 0.2) is 81.0 Å². The van der Waals surface area contributed by atoms with Crippen LogP contribution < -0.4 is 15.0 Å². The minimum Gasteiger partial charge on any atom is -0.493 e. The molecule has 5 aromatic rings. The van der Waals surface area contributed by atoms with Crippen LogP contribution in [-0.2, 0) is 0 Å². The molecule has 2 aromatic heterocycles. The lowest BCUT2D eigenvalue weighted by atomic mass is 10.2. The first kappa shape index (κ1) is 21.7. The molecular weight excluding hydrogens is 454 g/mol. The quantitative estimate of drug-likeness (QED) is 0.293. The molecule has 0 saturated heterocycles. The second-order valence-corrected chi connectivity index (χ2v) is 7.89. The van der Waals surface area contributed by atoms with Crippen LogP contribution in [-0.4, -0.2) is 29.6 Å². The summed E-state index contributed by atoms with van der Waals surface area (Å²) in [5.41, 5.74) is 1.60. The SMILES string of the molecule is CCOc1ccc(C=Nn2c(-c3cc4cc(Cl)ccc4o3)nc3ccccc3c2=O)cc1OC. The number of hydrogen-bond donors (Lipinski definition) is 0. The van der Waals surface area contributed by atoms with Crippen molar-refractivity contribution in [1.82, 2.24) is 9.66 Å². The summed E-state index contributed by atoms with van der Waals surface area (Å²) in [5.74, 6) is 1.89. The van der Waals surface area contributed by atoms with Gasteiger partial charge in [-0.2, -0.15) is 9.78 Å². The average Bonchev–Trinajstić information content (AvgIpc) is 3.27. The summed E-state index contributed by atoms with van der Waals surface area (Å²) in [6.07, 6.45) is 1.57. The Balaban J connectivity index is 1.66. The van der Waals surface area contributed by atoms with Gasteiger partial charge in [-0.1, -0.05) is 23.7 Å². The minimum atomic E-state index is -0.312. The molecule has 2 heterocycles. The van der Waals surface area contributed by atoms with E-state index in [1.54, 1.807) is 67.9 Å². The van der Waals surface area contributed by atoms with Gasteiger partial charge in [-0.05, 0) is 67.1 Å². The molecule has 8 heteroatoms. The van der Waals surface area contributed by atoms with Crippen molar-refractivity contribution in [2.24, 2.45) is 5.10 Å². The first-order valence-corrected chi connectivity index (χ1v) is 11.0. The summed E-state index contributed by atoms with van der Waals surface area (Å²) in [6.45, 7) is 2.43. The number of aromatic nitrogens is 2. The molecule has 0 fully saturated rings. The van der Waals surface area contributed by atoms with Gasteiger partial charge in [0.05, 0.1) is 30.8 Å². The molecule has 0 atom stereocenters. The van der Waals surface area contributed by atoms with E-state index in [0.29, 0.717) is 45.4 Å². The molecule has 0 saturated carbocycles. The van der Waals surface area contributed by atoms with Gasteiger partial charge in [0.15, 0.2) is 17.3 Å². The van der Waals surface area contributed by atoms with E-state index in [2.05, 4.69) is 10.1 Å². The molecule has 0 unspecified atom stereocenters. The Hall–Kier alpha value is -4.10. The highest BCUT2D eigenvalue weighted by Crippen LogP contribution is 2.30. The highest BCUT2D eigenvalue weighted by molar-refractivity contribution is 6.31. The molecule has 170 valence electrons. The lowest BCUT2D eigenvalue weighted by molar-refractivity contribution is 0.311. The second kappa shape index (κ2) is 9.03. The van der Waals surface area contributed by atoms with Gasteiger partial charge in [0.2, 0.25) is 5.82 Å². The molecule has 7 nitrogen and oxygen atoms in total. The van der Waals surface area contributed by atoms with E-state index in [0.717, 1.165) is 10.9 Å². The fraction of sp³-hybridized carbons (Fsp3) is 0.115. The average molecular weight is 474 g/mol. The standard InChI is InChI=1S/C26H20ClN3O4/c1-3-33-22-10-8-16(12-23(22)32-2)15-28-30-25(29-20-7-5-4-6-19(20)26(30)31)24-14-17-13-18(27)9-11-21(17)34-24/h4-15H,3H2,1-2H3. The lowest BCUT2D eigenvalue weighted by Crippen LogP contribution is -2.20. The van der Waals surface area contributed by atoms with Gasteiger partial charge in [0.25, 0.3) is 5.56 Å². The molecule has 0 N–H and O–H groups in total. The Labute approximate surface area is 199 Å². The zero-order valence-corrected chi connectivity index (χ0v) is 19.2. The minimum absolute atomic E-state index is 0.283. The van der Waals surface area contributed by atoms with E-state index in [9.17, 15) is 4.79 Å². The summed E-state index contributed by atoms with van der Waals surface area (Å²) in [6, 6.07) is 19.7. The van der Waals surface area contributed by atoms with Crippen LogP contribution in [0.4, 0.5) is 0 Å². The number of halogens is 1. The van der Waals surface area contributed by atoms with Crippen molar-refractivity contribution in [2.45, 2.75) is 6.92 Å². The van der Waals surface area contributed by atoms with Gasteiger partial charge in [0.1, 0.15) is 5.58 Å². The largest absolute Gasteiger partial charge is 0.493 e. The number of methoxy groups -OCH3 is 1. The van der Waals surface area contributed by atoms with Crippen LogP contribution in [0, 0.1) is 0 Å². The summed E-state index contributed by atoms with van der Waals surface area (Å²) in [4.78, 5) is 18.1. The van der Waals surface area contributed by atoms with Crippen molar-refractivity contribution in [3.8, 4) is 23.1 Å². The molecule has 3 aromatic carbocycles. The molecule has 5 rings (SSSR count). The molecule has 0 aliphatic heterocycles. The monoisotopic (exact) mass is 473 g/mol. The number of fused-ring (bicyclic) bond motifs is 2. The van der Waals surface area contributed by atoms with E-state index in [4.69, 9.17) is 25.5 Å². The van der Waals surface area contributed by atoms with Crippen molar-refractivity contribution >= 4 is 39.7 Å². The van der Waals surface area contributed by atoms with Crippen LogP contribution in [0.25, 0.3) is 33.5 Å². The molecule has 0 amide bonds. The second-order valence-electron chi connectivity index (χ2n) is 7.45. The number of benzene rings is 3. The molecule has 0 spiro atoms. The molecule has 0 radical (unpaired) electrons. The predicted molar refractivity (Wildman–Crippen MR) is 133 cm³/mol. The van der Waals surface area contributed by atoms with Gasteiger partial charge in [0, 0.05) is 10.4 Å². The number of ether oxygens (including phenoxy) is 2. The molecule has 0 aliphatic carbocycles.